The molecule has 1 N–H and O–H groups in total. The Balaban J connectivity index is 2.29. The zero-order valence-corrected chi connectivity index (χ0v) is 10.5. The van der Waals surface area contributed by atoms with Crippen LogP contribution in [-0.2, 0) is 0 Å². The van der Waals surface area contributed by atoms with Gasteiger partial charge in [-0.15, -0.1) is 0 Å². The molecular formula is C14H19NO2. The van der Waals surface area contributed by atoms with Crippen molar-refractivity contribution in [1.82, 2.24) is 5.32 Å². The summed E-state index contributed by atoms with van der Waals surface area (Å²) in [6, 6.07) is 7.48. The van der Waals surface area contributed by atoms with Gasteiger partial charge in [0.25, 0.3) is 0 Å². The van der Waals surface area contributed by atoms with E-state index in [0.717, 1.165) is 25.9 Å². The topological polar surface area (TPSA) is 38.3 Å². The number of piperidine rings is 1. The molecule has 1 aromatic carbocycles. The lowest BCUT2D eigenvalue weighted by Gasteiger charge is -2.32. The van der Waals surface area contributed by atoms with Gasteiger partial charge in [-0.3, -0.25) is 4.79 Å². The quantitative estimate of drug-likeness (QED) is 0.814. The molecule has 0 radical (unpaired) electrons. The Hall–Kier alpha value is -1.35. The molecule has 0 saturated carbocycles. The Bertz CT molecular complexity index is 408. The van der Waals surface area contributed by atoms with Gasteiger partial charge in [0.2, 0.25) is 0 Å². The molecule has 17 heavy (non-hydrogen) atoms. The number of para-hydroxylation sites is 1. The summed E-state index contributed by atoms with van der Waals surface area (Å²) in [7, 11) is 1.61. The molecule has 3 nitrogen and oxygen atoms in total. The Kier molecular flexibility index (Phi) is 3.48. The van der Waals surface area contributed by atoms with Crippen LogP contribution in [0, 0.1) is 5.41 Å². The lowest BCUT2D eigenvalue weighted by atomic mass is 9.75. The lowest BCUT2D eigenvalue weighted by molar-refractivity contribution is 0.0759. The molecule has 0 spiro atoms. The third kappa shape index (κ3) is 2.34. The predicted octanol–water partition coefficient (Wildman–Crippen LogP) is 2.27. The van der Waals surface area contributed by atoms with Crippen LogP contribution < -0.4 is 10.1 Å². The fourth-order valence-electron chi connectivity index (χ4n) is 2.36. The molecule has 0 unspecified atom stereocenters. The van der Waals surface area contributed by atoms with Crippen molar-refractivity contribution in [2.24, 2.45) is 5.41 Å². The normalized spacial score (nSPS) is 18.7. The summed E-state index contributed by atoms with van der Waals surface area (Å²) >= 11 is 0. The standard InChI is InChI=1S/C14H19NO2/c1-14(7-9-15-10-8-14)13(16)11-5-3-4-6-12(11)17-2/h3-6,15H,7-10H2,1-2H3. The average Bonchev–Trinajstić information content (AvgIpc) is 2.38. The molecule has 0 aliphatic carbocycles. The van der Waals surface area contributed by atoms with Gasteiger partial charge in [0.15, 0.2) is 5.78 Å². The van der Waals surface area contributed by atoms with Crippen molar-refractivity contribution < 1.29 is 9.53 Å². The average molecular weight is 233 g/mol. The zero-order valence-electron chi connectivity index (χ0n) is 10.5. The second-order valence-corrected chi connectivity index (χ2v) is 4.84. The van der Waals surface area contributed by atoms with Gasteiger partial charge in [-0.05, 0) is 38.1 Å². The van der Waals surface area contributed by atoms with Crippen molar-refractivity contribution in [3.05, 3.63) is 29.8 Å². The van der Waals surface area contributed by atoms with E-state index in [1.54, 1.807) is 7.11 Å². The maximum atomic E-state index is 12.6. The summed E-state index contributed by atoms with van der Waals surface area (Å²) in [6.07, 6.45) is 1.79. The summed E-state index contributed by atoms with van der Waals surface area (Å²) < 4.78 is 5.27. The molecule has 0 bridgehead atoms. The summed E-state index contributed by atoms with van der Waals surface area (Å²) in [4.78, 5) is 12.6. The minimum absolute atomic E-state index is 0.205. The summed E-state index contributed by atoms with van der Waals surface area (Å²) in [5, 5.41) is 3.29. The number of Topliss-reactive ketones (excluding diaryl/α,β-unsaturated/α-hetero) is 1. The number of benzene rings is 1. The fourth-order valence-corrected chi connectivity index (χ4v) is 2.36. The Morgan fingerprint density at radius 1 is 1.29 bits per heavy atom. The molecule has 2 rings (SSSR count). The molecule has 3 heteroatoms. The van der Waals surface area contributed by atoms with E-state index in [1.165, 1.54) is 0 Å². The van der Waals surface area contributed by atoms with E-state index in [9.17, 15) is 4.79 Å². The second-order valence-electron chi connectivity index (χ2n) is 4.84. The number of ether oxygens (including phenoxy) is 1. The number of ketones is 1. The highest BCUT2D eigenvalue weighted by Gasteiger charge is 2.36. The predicted molar refractivity (Wildman–Crippen MR) is 67.5 cm³/mol. The van der Waals surface area contributed by atoms with Crippen LogP contribution in [-0.4, -0.2) is 26.0 Å². The smallest absolute Gasteiger partial charge is 0.172 e. The van der Waals surface area contributed by atoms with Gasteiger partial charge >= 0.3 is 0 Å². The summed E-state index contributed by atoms with van der Waals surface area (Å²) in [6.45, 7) is 3.89. The number of hydrogen-bond acceptors (Lipinski definition) is 3. The minimum Gasteiger partial charge on any atom is -0.496 e. The van der Waals surface area contributed by atoms with Crippen molar-refractivity contribution in [2.45, 2.75) is 19.8 Å². The van der Waals surface area contributed by atoms with Gasteiger partial charge < -0.3 is 10.1 Å². The van der Waals surface area contributed by atoms with E-state index >= 15 is 0 Å². The molecule has 1 saturated heterocycles. The van der Waals surface area contributed by atoms with Crippen molar-refractivity contribution >= 4 is 5.78 Å². The first-order chi connectivity index (χ1) is 8.17. The van der Waals surface area contributed by atoms with Gasteiger partial charge in [-0.1, -0.05) is 19.1 Å². The van der Waals surface area contributed by atoms with Crippen LogP contribution in [0.25, 0.3) is 0 Å². The van der Waals surface area contributed by atoms with E-state index in [0.29, 0.717) is 11.3 Å². The highest BCUT2D eigenvalue weighted by molar-refractivity contribution is 6.02. The van der Waals surface area contributed by atoms with Gasteiger partial charge in [-0.25, -0.2) is 0 Å². The van der Waals surface area contributed by atoms with Crippen LogP contribution >= 0.6 is 0 Å². The van der Waals surface area contributed by atoms with E-state index in [4.69, 9.17) is 4.74 Å². The van der Waals surface area contributed by atoms with E-state index in [1.807, 2.05) is 24.3 Å². The Labute approximate surface area is 102 Å². The SMILES string of the molecule is COc1ccccc1C(=O)C1(C)CCNCC1. The van der Waals surface area contributed by atoms with Crippen LogP contribution in [0.2, 0.25) is 0 Å². The Morgan fingerprint density at radius 2 is 1.94 bits per heavy atom. The second kappa shape index (κ2) is 4.88. The molecular weight excluding hydrogens is 214 g/mol. The van der Waals surface area contributed by atoms with Crippen LogP contribution in [0.4, 0.5) is 0 Å². The summed E-state index contributed by atoms with van der Waals surface area (Å²) in [5.41, 5.74) is 0.458. The van der Waals surface area contributed by atoms with Crippen molar-refractivity contribution in [2.75, 3.05) is 20.2 Å². The van der Waals surface area contributed by atoms with Gasteiger partial charge in [0.05, 0.1) is 12.7 Å². The van der Waals surface area contributed by atoms with Gasteiger partial charge in [0.1, 0.15) is 5.75 Å². The monoisotopic (exact) mass is 233 g/mol. The number of nitrogens with one attached hydrogen (secondary N) is 1. The van der Waals surface area contributed by atoms with Gasteiger partial charge in [-0.2, -0.15) is 0 Å². The highest BCUT2D eigenvalue weighted by atomic mass is 16.5. The van der Waals surface area contributed by atoms with Crippen molar-refractivity contribution in [3.8, 4) is 5.75 Å². The molecule has 0 aromatic heterocycles. The van der Waals surface area contributed by atoms with E-state index in [-0.39, 0.29) is 11.2 Å². The highest BCUT2D eigenvalue weighted by Crippen LogP contribution is 2.34. The fraction of sp³-hybridized carbons (Fsp3) is 0.500. The van der Waals surface area contributed by atoms with Crippen LogP contribution in [0.15, 0.2) is 24.3 Å². The van der Waals surface area contributed by atoms with Crippen LogP contribution in [0.3, 0.4) is 0 Å². The molecule has 0 amide bonds. The Morgan fingerprint density at radius 3 is 2.59 bits per heavy atom. The molecule has 1 aliphatic heterocycles. The number of carbonyl (C=O) groups excluding carboxylic acids is 1. The van der Waals surface area contributed by atoms with Gasteiger partial charge in [0, 0.05) is 5.41 Å². The lowest BCUT2D eigenvalue weighted by Crippen LogP contribution is -2.40. The summed E-state index contributed by atoms with van der Waals surface area (Å²) in [5.74, 6) is 0.883. The largest absolute Gasteiger partial charge is 0.496 e. The third-order valence-electron chi connectivity index (χ3n) is 3.61. The van der Waals surface area contributed by atoms with Crippen LogP contribution in [0.5, 0.6) is 5.75 Å². The van der Waals surface area contributed by atoms with Crippen LogP contribution in [0.1, 0.15) is 30.1 Å². The maximum Gasteiger partial charge on any atom is 0.172 e. The number of methoxy groups -OCH3 is 1. The van der Waals surface area contributed by atoms with E-state index in [2.05, 4.69) is 12.2 Å². The molecule has 0 atom stereocenters. The number of carbonyl (C=O) groups is 1. The molecule has 1 aliphatic rings. The molecule has 1 fully saturated rings. The maximum absolute atomic E-state index is 12.6. The van der Waals surface area contributed by atoms with Crippen molar-refractivity contribution in [3.63, 3.8) is 0 Å². The minimum atomic E-state index is -0.250. The zero-order chi connectivity index (χ0) is 12.3. The molecule has 1 aromatic rings. The molecule has 1 heterocycles. The first-order valence-electron chi connectivity index (χ1n) is 6.06. The third-order valence-corrected chi connectivity index (χ3v) is 3.61. The number of hydrogen-bond donors (Lipinski definition) is 1. The van der Waals surface area contributed by atoms with E-state index < -0.39 is 0 Å². The number of rotatable bonds is 3. The first-order valence-corrected chi connectivity index (χ1v) is 6.06. The first kappa shape index (κ1) is 12.1. The van der Waals surface area contributed by atoms with Crippen molar-refractivity contribution in [1.29, 1.82) is 0 Å². The molecule has 92 valence electrons.